The third kappa shape index (κ3) is 1.57. The quantitative estimate of drug-likeness (QED) is 0.663. The normalized spacial score (nSPS) is 27.0. The molecule has 2 atom stereocenters. The molecule has 70 valence electrons. The maximum absolute atomic E-state index is 5.97. The van der Waals surface area contributed by atoms with Crippen molar-refractivity contribution in [1.82, 2.24) is 0 Å². The van der Waals surface area contributed by atoms with Crippen LogP contribution in [-0.4, -0.2) is 6.04 Å². The van der Waals surface area contributed by atoms with E-state index in [1.165, 1.54) is 5.56 Å². The van der Waals surface area contributed by atoms with Crippen LogP contribution < -0.4 is 11.5 Å². The van der Waals surface area contributed by atoms with Crippen LogP contribution in [-0.2, 0) is 6.42 Å². The molecule has 1 aliphatic rings. The van der Waals surface area contributed by atoms with Crippen molar-refractivity contribution in [3.05, 3.63) is 34.3 Å². The highest BCUT2D eigenvalue weighted by Crippen LogP contribution is 2.29. The second kappa shape index (κ2) is 3.29. The van der Waals surface area contributed by atoms with Crippen LogP contribution in [0, 0.1) is 0 Å². The van der Waals surface area contributed by atoms with E-state index in [-0.39, 0.29) is 12.1 Å². The largest absolute Gasteiger partial charge is 0.326 e. The van der Waals surface area contributed by atoms with Gasteiger partial charge in [0.05, 0.1) is 0 Å². The number of hydrogen-bond acceptors (Lipinski definition) is 2. The van der Waals surface area contributed by atoms with Crippen LogP contribution in [0.3, 0.4) is 0 Å². The van der Waals surface area contributed by atoms with E-state index in [2.05, 4.69) is 0 Å². The zero-order valence-corrected chi connectivity index (χ0v) is 8.09. The van der Waals surface area contributed by atoms with Crippen molar-refractivity contribution >= 4 is 11.6 Å². The number of aryl methyl sites for hydroxylation is 1. The summed E-state index contributed by atoms with van der Waals surface area (Å²) in [6, 6.07) is 5.91. The molecule has 0 heterocycles. The van der Waals surface area contributed by atoms with Crippen molar-refractivity contribution in [2.75, 3.05) is 0 Å². The molecule has 0 amide bonds. The summed E-state index contributed by atoms with van der Waals surface area (Å²) in [6.07, 6.45) is 1.94. The number of hydrogen-bond donors (Lipinski definition) is 2. The molecule has 2 rings (SSSR count). The van der Waals surface area contributed by atoms with E-state index in [1.54, 1.807) is 0 Å². The lowest BCUT2D eigenvalue weighted by Crippen LogP contribution is -2.38. The monoisotopic (exact) mass is 196 g/mol. The van der Waals surface area contributed by atoms with Gasteiger partial charge in [-0.1, -0.05) is 17.7 Å². The maximum atomic E-state index is 5.97. The lowest BCUT2D eigenvalue weighted by molar-refractivity contribution is 0.481. The summed E-state index contributed by atoms with van der Waals surface area (Å²) in [6.45, 7) is 0. The Morgan fingerprint density at radius 2 is 2.08 bits per heavy atom. The Kier molecular flexibility index (Phi) is 2.28. The molecule has 1 aliphatic carbocycles. The standard InChI is InChI=1S/C10H13ClN2/c11-7-2-3-8-6(5-7)1-4-9(12)10(8)13/h2-3,5,9-10H,1,4,12-13H2. The van der Waals surface area contributed by atoms with Crippen LogP contribution >= 0.6 is 11.6 Å². The predicted octanol–water partition coefficient (Wildman–Crippen LogP) is 1.61. The summed E-state index contributed by atoms with van der Waals surface area (Å²) in [7, 11) is 0. The van der Waals surface area contributed by atoms with Gasteiger partial charge in [-0.05, 0) is 36.1 Å². The van der Waals surface area contributed by atoms with Crippen LogP contribution in [0.2, 0.25) is 5.02 Å². The molecular formula is C10H13ClN2. The summed E-state index contributed by atoms with van der Waals surface area (Å²) < 4.78 is 0. The fourth-order valence-electron chi connectivity index (χ4n) is 1.85. The molecule has 4 N–H and O–H groups in total. The molecule has 1 aromatic rings. The average Bonchev–Trinajstić information content (AvgIpc) is 2.12. The van der Waals surface area contributed by atoms with Gasteiger partial charge in [0.25, 0.3) is 0 Å². The molecule has 3 heteroatoms. The Bertz CT molecular complexity index is 325. The third-order valence-corrected chi connectivity index (χ3v) is 2.91. The van der Waals surface area contributed by atoms with Crippen LogP contribution in [0.4, 0.5) is 0 Å². The number of nitrogens with two attached hydrogens (primary N) is 2. The highest BCUT2D eigenvalue weighted by Gasteiger charge is 2.23. The van der Waals surface area contributed by atoms with Crippen molar-refractivity contribution in [2.24, 2.45) is 11.5 Å². The van der Waals surface area contributed by atoms with E-state index in [0.717, 1.165) is 23.4 Å². The SMILES string of the molecule is NC1CCc2cc(Cl)ccc2C1N. The molecule has 2 nitrogen and oxygen atoms in total. The molecule has 0 radical (unpaired) electrons. The van der Waals surface area contributed by atoms with Gasteiger partial charge in [0.15, 0.2) is 0 Å². The molecule has 2 unspecified atom stereocenters. The fourth-order valence-corrected chi connectivity index (χ4v) is 2.04. The molecule has 0 saturated heterocycles. The van der Waals surface area contributed by atoms with E-state index in [1.807, 2.05) is 18.2 Å². The van der Waals surface area contributed by atoms with Crippen molar-refractivity contribution in [1.29, 1.82) is 0 Å². The first-order chi connectivity index (χ1) is 6.18. The van der Waals surface area contributed by atoms with E-state index < -0.39 is 0 Å². The molecule has 1 aromatic carbocycles. The lowest BCUT2D eigenvalue weighted by Gasteiger charge is -2.28. The van der Waals surface area contributed by atoms with Gasteiger partial charge in [-0.2, -0.15) is 0 Å². The van der Waals surface area contributed by atoms with Crippen LogP contribution in [0.1, 0.15) is 23.6 Å². The smallest absolute Gasteiger partial charge is 0.0451 e. The zero-order chi connectivity index (χ0) is 9.42. The third-order valence-electron chi connectivity index (χ3n) is 2.67. The second-order valence-corrected chi connectivity index (χ2v) is 4.01. The minimum absolute atomic E-state index is 0.0268. The number of fused-ring (bicyclic) bond motifs is 1. The Morgan fingerprint density at radius 1 is 1.31 bits per heavy atom. The molecule has 0 bridgehead atoms. The first-order valence-corrected chi connectivity index (χ1v) is 4.86. The summed E-state index contributed by atoms with van der Waals surface area (Å²) in [5.74, 6) is 0. The van der Waals surface area contributed by atoms with Gasteiger partial charge in [0.2, 0.25) is 0 Å². The topological polar surface area (TPSA) is 52.0 Å². The Labute approximate surface area is 82.9 Å². The van der Waals surface area contributed by atoms with Gasteiger partial charge in [-0.25, -0.2) is 0 Å². The summed E-state index contributed by atoms with van der Waals surface area (Å²) >= 11 is 5.89. The summed E-state index contributed by atoms with van der Waals surface area (Å²) in [4.78, 5) is 0. The van der Waals surface area contributed by atoms with Gasteiger partial charge < -0.3 is 11.5 Å². The first kappa shape index (κ1) is 9.00. The van der Waals surface area contributed by atoms with Gasteiger partial charge >= 0.3 is 0 Å². The number of rotatable bonds is 0. The molecule has 0 saturated carbocycles. The predicted molar refractivity (Wildman–Crippen MR) is 54.7 cm³/mol. The van der Waals surface area contributed by atoms with E-state index in [4.69, 9.17) is 23.1 Å². The minimum atomic E-state index is -0.0268. The minimum Gasteiger partial charge on any atom is -0.326 e. The molecule has 0 aliphatic heterocycles. The number of halogens is 1. The second-order valence-electron chi connectivity index (χ2n) is 3.57. The van der Waals surface area contributed by atoms with Gasteiger partial charge in [-0.3, -0.25) is 0 Å². The van der Waals surface area contributed by atoms with Gasteiger partial charge in [-0.15, -0.1) is 0 Å². The van der Waals surface area contributed by atoms with E-state index >= 15 is 0 Å². The molecule has 13 heavy (non-hydrogen) atoms. The average molecular weight is 197 g/mol. The van der Waals surface area contributed by atoms with Crippen LogP contribution in [0.25, 0.3) is 0 Å². The van der Waals surface area contributed by atoms with Crippen molar-refractivity contribution in [2.45, 2.75) is 24.9 Å². The maximum Gasteiger partial charge on any atom is 0.0451 e. The zero-order valence-electron chi connectivity index (χ0n) is 7.33. The highest BCUT2D eigenvalue weighted by atomic mass is 35.5. The van der Waals surface area contributed by atoms with Gasteiger partial charge in [0, 0.05) is 17.1 Å². The van der Waals surface area contributed by atoms with Crippen LogP contribution in [0.15, 0.2) is 18.2 Å². The highest BCUT2D eigenvalue weighted by molar-refractivity contribution is 6.30. The first-order valence-electron chi connectivity index (χ1n) is 4.48. The molecule has 0 spiro atoms. The Hall–Kier alpha value is -0.570. The van der Waals surface area contributed by atoms with Crippen LogP contribution in [0.5, 0.6) is 0 Å². The van der Waals surface area contributed by atoms with E-state index in [9.17, 15) is 0 Å². The van der Waals surface area contributed by atoms with Gasteiger partial charge in [0.1, 0.15) is 0 Å². The lowest BCUT2D eigenvalue weighted by atomic mass is 9.85. The fraction of sp³-hybridized carbons (Fsp3) is 0.400. The molecular weight excluding hydrogens is 184 g/mol. The Balaban J connectivity index is 2.44. The summed E-state index contributed by atoms with van der Waals surface area (Å²) in [5.41, 5.74) is 14.3. The van der Waals surface area contributed by atoms with Crippen molar-refractivity contribution in [3.8, 4) is 0 Å². The van der Waals surface area contributed by atoms with Crippen molar-refractivity contribution < 1.29 is 0 Å². The van der Waals surface area contributed by atoms with Crippen molar-refractivity contribution in [3.63, 3.8) is 0 Å². The van der Waals surface area contributed by atoms with E-state index in [0.29, 0.717) is 0 Å². The molecule has 0 aromatic heterocycles. The molecule has 0 fully saturated rings. The number of benzene rings is 1. The Morgan fingerprint density at radius 3 is 2.85 bits per heavy atom. The summed E-state index contributed by atoms with van der Waals surface area (Å²) in [5, 5.41) is 0.779.